The van der Waals surface area contributed by atoms with Crippen LogP contribution < -0.4 is 0 Å². The number of aromatic nitrogens is 2. The fourth-order valence-electron chi connectivity index (χ4n) is 1.71. The van der Waals surface area contributed by atoms with Gasteiger partial charge in [0.1, 0.15) is 6.54 Å². The van der Waals surface area contributed by atoms with Crippen molar-refractivity contribution in [3.8, 4) is 0 Å². The van der Waals surface area contributed by atoms with Gasteiger partial charge in [-0.1, -0.05) is 35.9 Å². The summed E-state index contributed by atoms with van der Waals surface area (Å²) in [6, 6.07) is 7.13. The fraction of sp³-hybridized carbons (Fsp3) is 0.167. The Kier molecular flexibility index (Phi) is 3.62. The molecule has 7 heteroatoms. The molecule has 0 saturated heterocycles. The summed E-state index contributed by atoms with van der Waals surface area (Å²) in [6.07, 6.45) is 1.27. The summed E-state index contributed by atoms with van der Waals surface area (Å²) in [5.74, 6) is -0.619. The molecule has 0 N–H and O–H groups in total. The second kappa shape index (κ2) is 5.19. The molecule has 0 bridgehead atoms. The zero-order chi connectivity index (χ0) is 14.0. The van der Waals surface area contributed by atoms with Gasteiger partial charge in [0, 0.05) is 5.56 Å². The van der Waals surface area contributed by atoms with E-state index in [1.165, 1.54) is 10.9 Å². The maximum absolute atomic E-state index is 12.1. The summed E-state index contributed by atoms with van der Waals surface area (Å²) in [5.41, 5.74) is 1.41. The predicted octanol–water partition coefficient (Wildman–Crippen LogP) is 2.64. The van der Waals surface area contributed by atoms with Crippen molar-refractivity contribution in [3.05, 3.63) is 56.7 Å². The van der Waals surface area contributed by atoms with Crippen LogP contribution in [0.15, 0.2) is 30.5 Å². The summed E-state index contributed by atoms with van der Waals surface area (Å²) < 4.78 is 1.18. The Morgan fingerprint density at radius 2 is 2.16 bits per heavy atom. The van der Waals surface area contributed by atoms with Crippen LogP contribution in [0.4, 0.5) is 5.82 Å². The van der Waals surface area contributed by atoms with Gasteiger partial charge in [-0.15, -0.1) is 0 Å². The van der Waals surface area contributed by atoms with Crippen LogP contribution in [-0.2, 0) is 6.54 Å². The number of rotatable bonds is 4. The Balaban J connectivity index is 2.22. The first-order chi connectivity index (χ1) is 8.99. The molecule has 0 unspecified atom stereocenters. The number of ketones is 1. The van der Waals surface area contributed by atoms with Crippen molar-refractivity contribution >= 4 is 23.2 Å². The summed E-state index contributed by atoms with van der Waals surface area (Å²) in [5, 5.41) is 14.2. The van der Waals surface area contributed by atoms with Crippen molar-refractivity contribution in [1.82, 2.24) is 9.78 Å². The molecule has 0 amide bonds. The number of hydrogen-bond acceptors (Lipinski definition) is 4. The SMILES string of the molecule is Cc1ccccc1C(=O)Cn1cc(Cl)c([N+](=O)[O-])n1. The molecule has 1 heterocycles. The van der Waals surface area contributed by atoms with Gasteiger partial charge in [-0.25, -0.2) is 0 Å². The molecule has 0 aliphatic carbocycles. The quantitative estimate of drug-likeness (QED) is 0.490. The predicted molar refractivity (Wildman–Crippen MR) is 69.4 cm³/mol. The number of hydrogen-bond donors (Lipinski definition) is 0. The lowest BCUT2D eigenvalue weighted by molar-refractivity contribution is -0.389. The summed E-state index contributed by atoms with van der Waals surface area (Å²) >= 11 is 5.66. The zero-order valence-corrected chi connectivity index (χ0v) is 10.8. The monoisotopic (exact) mass is 279 g/mol. The van der Waals surface area contributed by atoms with Gasteiger partial charge in [0.15, 0.2) is 10.8 Å². The number of carbonyl (C=O) groups excluding carboxylic acids is 1. The van der Waals surface area contributed by atoms with Gasteiger partial charge in [0.25, 0.3) is 0 Å². The third-order valence-electron chi connectivity index (χ3n) is 2.62. The minimum atomic E-state index is -0.683. The van der Waals surface area contributed by atoms with Crippen LogP contribution in [0.1, 0.15) is 15.9 Å². The Bertz CT molecular complexity index is 651. The Labute approximate surface area is 113 Å². The van der Waals surface area contributed by atoms with Crippen LogP contribution in [0.3, 0.4) is 0 Å². The largest absolute Gasteiger partial charge is 0.408 e. The minimum absolute atomic E-state index is 0.0809. The average molecular weight is 280 g/mol. The fourth-order valence-corrected chi connectivity index (χ4v) is 1.93. The van der Waals surface area contributed by atoms with E-state index in [1.54, 1.807) is 12.1 Å². The van der Waals surface area contributed by atoms with Crippen molar-refractivity contribution in [2.45, 2.75) is 13.5 Å². The third kappa shape index (κ3) is 2.79. The molecule has 19 heavy (non-hydrogen) atoms. The van der Waals surface area contributed by atoms with E-state index < -0.39 is 10.7 Å². The second-order valence-electron chi connectivity index (χ2n) is 3.99. The highest BCUT2D eigenvalue weighted by Crippen LogP contribution is 2.21. The zero-order valence-electron chi connectivity index (χ0n) is 10.0. The highest BCUT2D eigenvalue weighted by atomic mass is 35.5. The van der Waals surface area contributed by atoms with Gasteiger partial charge >= 0.3 is 5.82 Å². The molecule has 0 radical (unpaired) electrons. The lowest BCUT2D eigenvalue weighted by Gasteiger charge is -2.02. The van der Waals surface area contributed by atoms with Gasteiger partial charge in [-0.3, -0.25) is 4.79 Å². The molecular weight excluding hydrogens is 270 g/mol. The maximum Gasteiger partial charge on any atom is 0.408 e. The van der Waals surface area contributed by atoms with E-state index in [0.717, 1.165) is 5.56 Å². The third-order valence-corrected chi connectivity index (χ3v) is 2.89. The molecule has 0 atom stereocenters. The van der Waals surface area contributed by atoms with Crippen LogP contribution >= 0.6 is 11.6 Å². The van der Waals surface area contributed by atoms with Gasteiger partial charge in [0.05, 0.1) is 11.3 Å². The van der Waals surface area contributed by atoms with Crippen molar-refractivity contribution < 1.29 is 9.72 Å². The van der Waals surface area contributed by atoms with Crippen molar-refractivity contribution in [1.29, 1.82) is 0 Å². The van der Waals surface area contributed by atoms with Gasteiger partial charge < -0.3 is 10.1 Å². The van der Waals surface area contributed by atoms with Gasteiger partial charge in [-0.2, -0.15) is 4.68 Å². The molecule has 0 spiro atoms. The molecular formula is C12H10ClN3O3. The molecule has 98 valence electrons. The summed E-state index contributed by atoms with van der Waals surface area (Å²) in [7, 11) is 0. The standard InChI is InChI=1S/C12H10ClN3O3/c1-8-4-2-3-5-9(8)11(17)7-15-6-10(13)12(14-15)16(18)19/h2-6H,7H2,1H3. The van der Waals surface area contributed by atoms with E-state index in [2.05, 4.69) is 5.10 Å². The average Bonchev–Trinajstić information content (AvgIpc) is 2.70. The number of Topliss-reactive ketones (excluding diaryl/α,β-unsaturated/α-hetero) is 1. The normalized spacial score (nSPS) is 10.4. The molecule has 2 rings (SSSR count). The molecule has 1 aromatic heterocycles. The molecule has 2 aromatic rings. The molecule has 0 fully saturated rings. The second-order valence-corrected chi connectivity index (χ2v) is 4.40. The smallest absolute Gasteiger partial charge is 0.358 e. The maximum atomic E-state index is 12.1. The molecule has 6 nitrogen and oxygen atoms in total. The first-order valence-corrected chi connectivity index (χ1v) is 5.83. The highest BCUT2D eigenvalue weighted by molar-refractivity contribution is 6.32. The molecule has 0 saturated carbocycles. The van der Waals surface area contributed by atoms with E-state index >= 15 is 0 Å². The minimum Gasteiger partial charge on any atom is -0.358 e. The first kappa shape index (κ1) is 13.2. The van der Waals surface area contributed by atoms with E-state index in [1.807, 2.05) is 19.1 Å². The summed E-state index contributed by atoms with van der Waals surface area (Å²) in [6.45, 7) is 1.74. The van der Waals surface area contributed by atoms with E-state index in [-0.39, 0.29) is 17.4 Å². The highest BCUT2D eigenvalue weighted by Gasteiger charge is 2.21. The van der Waals surface area contributed by atoms with Crippen molar-refractivity contribution in [2.75, 3.05) is 0 Å². The topological polar surface area (TPSA) is 78.0 Å². The van der Waals surface area contributed by atoms with Crippen LogP contribution in [0, 0.1) is 17.0 Å². The van der Waals surface area contributed by atoms with Crippen LogP contribution in [0.5, 0.6) is 0 Å². The number of benzene rings is 1. The Morgan fingerprint density at radius 1 is 1.47 bits per heavy atom. The molecule has 1 aromatic carbocycles. The number of aryl methyl sites for hydroxylation is 1. The van der Waals surface area contributed by atoms with Gasteiger partial charge in [0.2, 0.25) is 0 Å². The van der Waals surface area contributed by atoms with Gasteiger partial charge in [-0.05, 0) is 17.4 Å². The van der Waals surface area contributed by atoms with E-state index in [9.17, 15) is 14.9 Å². The van der Waals surface area contributed by atoms with Crippen molar-refractivity contribution in [2.24, 2.45) is 0 Å². The Hall–Kier alpha value is -2.21. The lowest BCUT2D eigenvalue weighted by Crippen LogP contribution is -2.12. The van der Waals surface area contributed by atoms with Crippen LogP contribution in [0.25, 0.3) is 0 Å². The number of nitro groups is 1. The Morgan fingerprint density at radius 3 is 2.74 bits per heavy atom. The number of carbonyl (C=O) groups is 1. The van der Waals surface area contributed by atoms with E-state index in [4.69, 9.17) is 11.6 Å². The first-order valence-electron chi connectivity index (χ1n) is 5.45. The van der Waals surface area contributed by atoms with Crippen molar-refractivity contribution in [3.63, 3.8) is 0 Å². The molecule has 0 aliphatic rings. The van der Waals surface area contributed by atoms with Crippen LogP contribution in [0.2, 0.25) is 5.02 Å². The summed E-state index contributed by atoms with van der Waals surface area (Å²) in [4.78, 5) is 22.0. The lowest BCUT2D eigenvalue weighted by atomic mass is 10.1. The number of nitrogens with zero attached hydrogens (tertiary/aromatic N) is 3. The number of halogens is 1. The van der Waals surface area contributed by atoms with Crippen LogP contribution in [-0.4, -0.2) is 20.5 Å². The molecule has 0 aliphatic heterocycles. The van der Waals surface area contributed by atoms with E-state index in [0.29, 0.717) is 5.56 Å².